The molecule has 0 bridgehead atoms. The number of sulfonamides is 1. The number of nitriles is 1. The molecule has 12 heteroatoms. The summed E-state index contributed by atoms with van der Waals surface area (Å²) in [7, 11) is -4.44. The topological polar surface area (TPSA) is 101 Å². The molecular formula is C22H22F3N5O2S2. The van der Waals surface area contributed by atoms with Crippen molar-refractivity contribution in [2.75, 3.05) is 6.26 Å². The van der Waals surface area contributed by atoms with Crippen LogP contribution in [-0.4, -0.2) is 41.4 Å². The van der Waals surface area contributed by atoms with Crippen LogP contribution in [-0.2, 0) is 10.0 Å². The lowest BCUT2D eigenvalue weighted by Gasteiger charge is -2.18. The maximum atomic E-state index is 12.8. The van der Waals surface area contributed by atoms with Crippen LogP contribution < -0.4 is 4.72 Å². The molecule has 3 aromatic rings. The third-order valence-corrected chi connectivity index (χ3v) is 8.19. The van der Waals surface area contributed by atoms with Gasteiger partial charge in [0, 0.05) is 28.7 Å². The first-order valence-electron chi connectivity index (χ1n) is 10.6. The molecule has 1 N–H and O–H groups in total. The Kier molecular flexibility index (Phi) is 6.63. The summed E-state index contributed by atoms with van der Waals surface area (Å²) in [4.78, 5) is 9.38. The van der Waals surface area contributed by atoms with Gasteiger partial charge in [-0.1, -0.05) is 12.8 Å². The molecule has 1 aliphatic rings. The Labute approximate surface area is 199 Å². The van der Waals surface area contributed by atoms with Crippen LogP contribution in [0.4, 0.5) is 13.2 Å². The van der Waals surface area contributed by atoms with E-state index < -0.39 is 27.1 Å². The summed E-state index contributed by atoms with van der Waals surface area (Å²) in [6.45, 7) is 0.731. The number of aromatic nitrogens is 3. The molecule has 34 heavy (non-hydrogen) atoms. The highest BCUT2D eigenvalue weighted by atomic mass is 32.2. The van der Waals surface area contributed by atoms with E-state index in [1.165, 1.54) is 23.9 Å². The first kappa shape index (κ1) is 24.5. The summed E-state index contributed by atoms with van der Waals surface area (Å²) in [5.41, 5.74) is 1.94. The summed E-state index contributed by atoms with van der Waals surface area (Å²) in [5.74, 6) is 0. The van der Waals surface area contributed by atoms with E-state index in [-0.39, 0.29) is 6.04 Å². The van der Waals surface area contributed by atoms with E-state index in [1.807, 2.05) is 16.9 Å². The van der Waals surface area contributed by atoms with Crippen molar-refractivity contribution in [3.63, 3.8) is 0 Å². The standard InChI is InChI=1S/C22H22F3N5O2S2/c1-13(22(23,24)25)29-34(31,32)16-7-8-19(27-12-16)20-18(10-26)17-9-15(33-2)11-28-21(17)30(20)14-5-3-4-6-14/h7-9,11-14,29H,3-6H2,1-2H3/t13-/m0/s1. The SMILES string of the molecule is CSc1cnc2c(c1)c(C#N)c(-c1ccc(S(=O)(=O)N[C@@H](C)C(F)(F)F)cn1)n2C1CCCC1. The van der Waals surface area contributed by atoms with Gasteiger partial charge < -0.3 is 4.57 Å². The molecule has 1 atom stereocenters. The molecule has 0 saturated heterocycles. The van der Waals surface area contributed by atoms with Crippen LogP contribution >= 0.6 is 11.8 Å². The molecule has 1 aliphatic carbocycles. The molecule has 0 aliphatic heterocycles. The van der Waals surface area contributed by atoms with Gasteiger partial charge in [-0.2, -0.15) is 23.2 Å². The summed E-state index contributed by atoms with van der Waals surface area (Å²) < 4.78 is 67.0. The number of fused-ring (bicyclic) bond motifs is 1. The Morgan fingerprint density at radius 1 is 1.24 bits per heavy atom. The number of hydrogen-bond acceptors (Lipinski definition) is 6. The first-order valence-corrected chi connectivity index (χ1v) is 13.3. The highest BCUT2D eigenvalue weighted by Crippen LogP contribution is 2.41. The van der Waals surface area contributed by atoms with E-state index >= 15 is 0 Å². The number of nitrogens with one attached hydrogen (secondary N) is 1. The Morgan fingerprint density at radius 3 is 2.50 bits per heavy atom. The molecule has 3 aromatic heterocycles. The van der Waals surface area contributed by atoms with Crippen molar-refractivity contribution in [1.82, 2.24) is 19.3 Å². The van der Waals surface area contributed by atoms with Crippen molar-refractivity contribution in [3.8, 4) is 17.5 Å². The number of halogens is 3. The largest absolute Gasteiger partial charge is 0.404 e. The highest BCUT2D eigenvalue weighted by molar-refractivity contribution is 7.98. The zero-order chi connectivity index (χ0) is 24.7. The summed E-state index contributed by atoms with van der Waals surface area (Å²) in [6, 6.07) is 4.65. The lowest BCUT2D eigenvalue weighted by Crippen LogP contribution is -2.42. The zero-order valence-corrected chi connectivity index (χ0v) is 20.1. The van der Waals surface area contributed by atoms with Crippen LogP contribution in [0.1, 0.15) is 44.2 Å². The fourth-order valence-corrected chi connectivity index (χ4v) is 5.78. The maximum Gasteiger partial charge on any atom is 0.404 e. The van der Waals surface area contributed by atoms with Crippen molar-refractivity contribution in [3.05, 3.63) is 36.2 Å². The molecule has 0 unspecified atom stereocenters. The average molecular weight is 510 g/mol. The van der Waals surface area contributed by atoms with Crippen molar-refractivity contribution in [2.24, 2.45) is 0 Å². The Hall–Kier alpha value is -2.62. The van der Waals surface area contributed by atoms with Gasteiger partial charge in [-0.3, -0.25) is 4.98 Å². The molecule has 1 saturated carbocycles. The lowest BCUT2D eigenvalue weighted by molar-refractivity contribution is -0.147. The van der Waals surface area contributed by atoms with E-state index in [9.17, 15) is 26.9 Å². The number of nitrogens with zero attached hydrogens (tertiary/aromatic N) is 4. The first-order chi connectivity index (χ1) is 16.1. The van der Waals surface area contributed by atoms with E-state index in [0.717, 1.165) is 43.7 Å². The van der Waals surface area contributed by atoms with Gasteiger partial charge in [0.15, 0.2) is 0 Å². The second-order valence-corrected chi connectivity index (χ2v) is 10.7. The zero-order valence-electron chi connectivity index (χ0n) is 18.4. The fourth-order valence-electron chi connectivity index (χ4n) is 4.21. The number of alkyl halides is 3. The minimum absolute atomic E-state index is 0.117. The van der Waals surface area contributed by atoms with Crippen LogP contribution in [0, 0.1) is 11.3 Å². The van der Waals surface area contributed by atoms with E-state index in [4.69, 9.17) is 0 Å². The maximum absolute atomic E-state index is 12.8. The molecule has 0 spiro atoms. The molecular weight excluding hydrogens is 487 g/mol. The Morgan fingerprint density at radius 2 is 1.94 bits per heavy atom. The van der Waals surface area contributed by atoms with Crippen LogP contribution in [0.2, 0.25) is 0 Å². The molecule has 4 rings (SSSR count). The summed E-state index contributed by atoms with van der Waals surface area (Å²) in [5, 5.41) is 10.7. The molecule has 1 fully saturated rings. The van der Waals surface area contributed by atoms with Crippen molar-refractivity contribution in [2.45, 2.75) is 60.7 Å². The molecule has 7 nitrogen and oxygen atoms in total. The van der Waals surface area contributed by atoms with Crippen molar-refractivity contribution < 1.29 is 21.6 Å². The van der Waals surface area contributed by atoms with E-state index in [1.54, 1.807) is 10.9 Å². The number of pyridine rings is 2. The average Bonchev–Trinajstić information content (AvgIpc) is 3.43. The van der Waals surface area contributed by atoms with Gasteiger partial charge in [-0.05, 0) is 44.2 Å². The van der Waals surface area contributed by atoms with Crippen molar-refractivity contribution in [1.29, 1.82) is 5.26 Å². The third-order valence-electron chi connectivity index (χ3n) is 5.97. The monoisotopic (exact) mass is 509 g/mol. The highest BCUT2D eigenvalue weighted by Gasteiger charge is 2.39. The van der Waals surface area contributed by atoms with Crippen LogP contribution in [0.5, 0.6) is 0 Å². The smallest absolute Gasteiger partial charge is 0.320 e. The predicted octanol–water partition coefficient (Wildman–Crippen LogP) is 5.04. The lowest BCUT2D eigenvalue weighted by atomic mass is 10.1. The van der Waals surface area contributed by atoms with Gasteiger partial charge in [0.1, 0.15) is 22.7 Å². The molecule has 180 valence electrons. The van der Waals surface area contributed by atoms with Gasteiger partial charge in [-0.15, -0.1) is 11.8 Å². The quantitative estimate of drug-likeness (QED) is 0.468. The van der Waals surface area contributed by atoms with Gasteiger partial charge in [0.05, 0.1) is 17.0 Å². The minimum Gasteiger partial charge on any atom is -0.320 e. The van der Waals surface area contributed by atoms with Gasteiger partial charge in [0.2, 0.25) is 10.0 Å². The third kappa shape index (κ3) is 4.52. The number of hydrogen-bond donors (Lipinski definition) is 1. The second-order valence-electron chi connectivity index (χ2n) is 8.15. The Bertz CT molecular complexity index is 1360. The molecule has 0 radical (unpaired) electrons. The normalized spacial score (nSPS) is 16.1. The van der Waals surface area contributed by atoms with Crippen LogP contribution in [0.25, 0.3) is 22.4 Å². The van der Waals surface area contributed by atoms with Crippen LogP contribution in [0.15, 0.2) is 40.4 Å². The molecule has 3 heterocycles. The number of rotatable bonds is 6. The second kappa shape index (κ2) is 9.20. The van der Waals surface area contributed by atoms with E-state index in [0.29, 0.717) is 28.0 Å². The van der Waals surface area contributed by atoms with Gasteiger partial charge in [-0.25, -0.2) is 13.4 Å². The molecule has 0 aromatic carbocycles. The van der Waals surface area contributed by atoms with Gasteiger partial charge >= 0.3 is 6.18 Å². The minimum atomic E-state index is -4.72. The fraction of sp³-hybridized carbons (Fsp3) is 0.409. The molecule has 0 amide bonds. The predicted molar refractivity (Wildman–Crippen MR) is 123 cm³/mol. The Balaban J connectivity index is 1.82. The number of thioether (sulfide) groups is 1. The summed E-state index contributed by atoms with van der Waals surface area (Å²) >= 11 is 1.51. The van der Waals surface area contributed by atoms with Crippen LogP contribution in [0.3, 0.4) is 0 Å². The van der Waals surface area contributed by atoms with Crippen molar-refractivity contribution >= 4 is 32.8 Å². The van der Waals surface area contributed by atoms with E-state index in [2.05, 4.69) is 16.0 Å². The van der Waals surface area contributed by atoms with Gasteiger partial charge in [0.25, 0.3) is 0 Å². The summed E-state index contributed by atoms with van der Waals surface area (Å²) in [6.07, 6.45) is 3.88.